The van der Waals surface area contributed by atoms with Crippen molar-refractivity contribution in [1.29, 1.82) is 0 Å². The van der Waals surface area contributed by atoms with Crippen LogP contribution in [0.2, 0.25) is 0 Å². The zero-order chi connectivity index (χ0) is 13.8. The molecule has 0 aromatic heterocycles. The van der Waals surface area contributed by atoms with E-state index in [-0.39, 0.29) is 37.3 Å². The zero-order valence-corrected chi connectivity index (χ0v) is 10.3. The van der Waals surface area contributed by atoms with Crippen LogP contribution >= 0.6 is 0 Å². The predicted molar refractivity (Wildman–Crippen MR) is 65.6 cm³/mol. The lowest BCUT2D eigenvalue weighted by atomic mass is 10.1. The lowest BCUT2D eigenvalue weighted by Gasteiger charge is -2.32. The van der Waals surface area contributed by atoms with Crippen molar-refractivity contribution < 1.29 is 24.5 Å². The molecular formula is C13H15NO5. The summed E-state index contributed by atoms with van der Waals surface area (Å²) in [4.78, 5) is 23.6. The van der Waals surface area contributed by atoms with Gasteiger partial charge in [-0.2, -0.15) is 0 Å². The van der Waals surface area contributed by atoms with E-state index in [4.69, 9.17) is 9.84 Å². The van der Waals surface area contributed by atoms with E-state index < -0.39 is 5.97 Å². The number of hydrogen-bond donors (Lipinski definition) is 2. The Bertz CT molecular complexity index is 470. The topological polar surface area (TPSA) is 87.1 Å². The number of aliphatic carboxylic acids is 1. The van der Waals surface area contributed by atoms with Gasteiger partial charge < -0.3 is 19.8 Å². The quantitative estimate of drug-likeness (QED) is 0.839. The lowest BCUT2D eigenvalue weighted by molar-refractivity contribution is -0.150. The molecule has 102 valence electrons. The Labute approximate surface area is 110 Å². The van der Waals surface area contributed by atoms with Gasteiger partial charge in [0, 0.05) is 6.54 Å². The first-order chi connectivity index (χ1) is 9.06. The number of amides is 1. The second-order valence-electron chi connectivity index (χ2n) is 4.37. The van der Waals surface area contributed by atoms with Crippen LogP contribution in [0.4, 0.5) is 0 Å². The van der Waals surface area contributed by atoms with E-state index in [1.54, 1.807) is 24.3 Å². The van der Waals surface area contributed by atoms with Crippen molar-refractivity contribution in [2.75, 3.05) is 19.7 Å². The van der Waals surface area contributed by atoms with Crippen LogP contribution in [0.5, 0.6) is 5.75 Å². The van der Waals surface area contributed by atoms with Gasteiger partial charge in [-0.05, 0) is 17.7 Å². The predicted octanol–water partition coefficient (Wildman–Crippen LogP) is 0.767. The lowest BCUT2D eigenvalue weighted by Crippen LogP contribution is -2.44. The number of carboxylic acids is 1. The first kappa shape index (κ1) is 13.4. The summed E-state index contributed by atoms with van der Waals surface area (Å²) >= 11 is 0. The molecule has 1 fully saturated rings. The number of carbonyl (C=O) groups excluding carboxylic acids is 1. The molecule has 0 bridgehead atoms. The monoisotopic (exact) mass is 265 g/mol. The van der Waals surface area contributed by atoms with Crippen LogP contribution in [-0.4, -0.2) is 46.7 Å². The molecule has 1 aromatic carbocycles. The van der Waals surface area contributed by atoms with Gasteiger partial charge in [0.2, 0.25) is 5.91 Å². The Morgan fingerprint density at radius 2 is 2.05 bits per heavy atom. The molecule has 1 atom stereocenters. The van der Waals surface area contributed by atoms with Gasteiger partial charge >= 0.3 is 5.97 Å². The van der Waals surface area contributed by atoms with Crippen molar-refractivity contribution >= 4 is 11.9 Å². The van der Waals surface area contributed by atoms with Crippen LogP contribution in [0.3, 0.4) is 0 Å². The molecule has 1 aliphatic heterocycles. The van der Waals surface area contributed by atoms with Gasteiger partial charge in [0.1, 0.15) is 18.5 Å². The van der Waals surface area contributed by atoms with E-state index >= 15 is 0 Å². The van der Waals surface area contributed by atoms with Gasteiger partial charge in [0.05, 0.1) is 13.0 Å². The maximum atomic E-state index is 11.6. The minimum atomic E-state index is -0.930. The summed E-state index contributed by atoms with van der Waals surface area (Å²) in [5, 5.41) is 17.9. The van der Waals surface area contributed by atoms with E-state index in [0.29, 0.717) is 6.54 Å². The van der Waals surface area contributed by atoms with Crippen molar-refractivity contribution in [2.45, 2.75) is 12.5 Å². The third-order valence-corrected chi connectivity index (χ3v) is 3.01. The summed E-state index contributed by atoms with van der Waals surface area (Å²) in [5.41, 5.74) is 0.852. The first-order valence-corrected chi connectivity index (χ1v) is 5.96. The van der Waals surface area contributed by atoms with Gasteiger partial charge in [-0.25, -0.2) is 0 Å². The fourth-order valence-electron chi connectivity index (χ4n) is 1.96. The molecule has 1 unspecified atom stereocenters. The zero-order valence-electron chi connectivity index (χ0n) is 10.3. The van der Waals surface area contributed by atoms with E-state index in [1.165, 1.54) is 4.90 Å². The molecule has 6 heteroatoms. The second-order valence-corrected chi connectivity index (χ2v) is 4.37. The summed E-state index contributed by atoms with van der Waals surface area (Å²) in [6.07, 6.45) is -0.360. The number of benzene rings is 1. The van der Waals surface area contributed by atoms with E-state index in [2.05, 4.69) is 0 Å². The van der Waals surface area contributed by atoms with Crippen LogP contribution in [0, 0.1) is 0 Å². The molecule has 1 saturated heterocycles. The standard InChI is InChI=1S/C13H15NO5/c15-10-3-1-9(2-4-10)11-7-14(6-5-13(17)18)12(16)8-19-11/h1-4,11,15H,5-8H2,(H,17,18). The van der Waals surface area contributed by atoms with Gasteiger partial charge in [-0.1, -0.05) is 12.1 Å². The fourth-order valence-corrected chi connectivity index (χ4v) is 1.96. The van der Waals surface area contributed by atoms with Gasteiger partial charge in [0.25, 0.3) is 0 Å². The number of rotatable bonds is 4. The average Bonchev–Trinajstić information content (AvgIpc) is 2.39. The molecule has 1 aliphatic rings. The molecule has 19 heavy (non-hydrogen) atoms. The molecule has 0 saturated carbocycles. The highest BCUT2D eigenvalue weighted by molar-refractivity contribution is 5.79. The number of nitrogens with zero attached hydrogens (tertiary/aromatic N) is 1. The minimum Gasteiger partial charge on any atom is -0.508 e. The molecule has 2 N–H and O–H groups in total. The molecule has 6 nitrogen and oxygen atoms in total. The van der Waals surface area contributed by atoms with Crippen LogP contribution in [-0.2, 0) is 14.3 Å². The SMILES string of the molecule is O=C(O)CCN1CC(c2ccc(O)cc2)OCC1=O. The summed E-state index contributed by atoms with van der Waals surface area (Å²) in [5.74, 6) is -0.963. The smallest absolute Gasteiger partial charge is 0.305 e. The third kappa shape index (κ3) is 3.45. The van der Waals surface area contributed by atoms with Crippen molar-refractivity contribution in [3.8, 4) is 5.75 Å². The average molecular weight is 265 g/mol. The van der Waals surface area contributed by atoms with E-state index in [0.717, 1.165) is 5.56 Å². The molecule has 1 aromatic rings. The Kier molecular flexibility index (Phi) is 4.01. The molecule has 1 heterocycles. The minimum absolute atomic E-state index is 0.0504. The van der Waals surface area contributed by atoms with Crippen LogP contribution in [0.1, 0.15) is 18.1 Å². The van der Waals surface area contributed by atoms with Crippen LogP contribution < -0.4 is 0 Å². The number of carboxylic acid groups (broad SMARTS) is 1. The number of hydrogen-bond acceptors (Lipinski definition) is 4. The van der Waals surface area contributed by atoms with Gasteiger partial charge in [-0.15, -0.1) is 0 Å². The van der Waals surface area contributed by atoms with Crippen molar-refractivity contribution in [3.05, 3.63) is 29.8 Å². The molecule has 0 spiro atoms. The number of morpholine rings is 1. The Morgan fingerprint density at radius 1 is 1.37 bits per heavy atom. The fraction of sp³-hybridized carbons (Fsp3) is 0.385. The van der Waals surface area contributed by atoms with Gasteiger partial charge in [-0.3, -0.25) is 9.59 Å². The second kappa shape index (κ2) is 5.71. The van der Waals surface area contributed by atoms with Crippen molar-refractivity contribution in [2.24, 2.45) is 0 Å². The summed E-state index contributed by atoms with van der Waals surface area (Å²) in [6.45, 7) is 0.466. The van der Waals surface area contributed by atoms with Crippen molar-refractivity contribution in [1.82, 2.24) is 4.90 Å². The molecule has 0 radical (unpaired) electrons. The highest BCUT2D eigenvalue weighted by Crippen LogP contribution is 2.24. The van der Waals surface area contributed by atoms with E-state index in [9.17, 15) is 14.7 Å². The maximum Gasteiger partial charge on any atom is 0.305 e. The summed E-state index contributed by atoms with van der Waals surface area (Å²) < 4.78 is 5.43. The number of phenolic OH excluding ortho intramolecular Hbond substituents is 1. The Hall–Kier alpha value is -2.08. The number of aromatic hydroxyl groups is 1. The Balaban J connectivity index is 2.02. The molecular weight excluding hydrogens is 250 g/mol. The maximum absolute atomic E-state index is 11.6. The molecule has 0 aliphatic carbocycles. The summed E-state index contributed by atoms with van der Waals surface area (Å²) in [7, 11) is 0. The number of phenols is 1. The normalized spacial score (nSPS) is 19.5. The highest BCUT2D eigenvalue weighted by Gasteiger charge is 2.27. The van der Waals surface area contributed by atoms with Crippen LogP contribution in [0.25, 0.3) is 0 Å². The van der Waals surface area contributed by atoms with Crippen molar-refractivity contribution in [3.63, 3.8) is 0 Å². The van der Waals surface area contributed by atoms with Gasteiger partial charge in [0.15, 0.2) is 0 Å². The molecule has 1 amide bonds. The third-order valence-electron chi connectivity index (χ3n) is 3.01. The number of ether oxygens (including phenoxy) is 1. The first-order valence-electron chi connectivity index (χ1n) is 5.96. The van der Waals surface area contributed by atoms with E-state index in [1.807, 2.05) is 0 Å². The summed E-state index contributed by atoms with van der Waals surface area (Å²) in [6, 6.07) is 6.56. The molecule has 2 rings (SSSR count). The highest BCUT2D eigenvalue weighted by atomic mass is 16.5. The number of carbonyl (C=O) groups is 2. The largest absolute Gasteiger partial charge is 0.508 e. The van der Waals surface area contributed by atoms with Crippen LogP contribution in [0.15, 0.2) is 24.3 Å². The Morgan fingerprint density at radius 3 is 2.68 bits per heavy atom.